The maximum atomic E-state index is 12.3. The molecule has 0 saturated carbocycles. The molecule has 1 unspecified atom stereocenters. The fourth-order valence-electron chi connectivity index (χ4n) is 3.35. The molecule has 6 heteroatoms. The molecule has 1 atom stereocenters. The number of ether oxygens (including phenoxy) is 2. The van der Waals surface area contributed by atoms with E-state index in [-0.39, 0.29) is 5.91 Å². The molecule has 0 spiro atoms. The number of hydrogen-bond acceptors (Lipinski definition) is 5. The number of esters is 1. The molecule has 0 aromatic heterocycles. The Hall–Kier alpha value is -4.45. The first-order chi connectivity index (χ1) is 16.5. The lowest BCUT2D eigenvalue weighted by Gasteiger charge is -2.13. The highest BCUT2D eigenvalue weighted by Gasteiger charge is 2.14. The zero-order valence-corrected chi connectivity index (χ0v) is 18.9. The third kappa shape index (κ3) is 5.66. The zero-order chi connectivity index (χ0) is 23.9. The predicted octanol–water partition coefficient (Wildman–Crippen LogP) is 5.29. The lowest BCUT2D eigenvalue weighted by Crippen LogP contribution is -2.33. The topological polar surface area (TPSA) is 77.0 Å². The highest BCUT2D eigenvalue weighted by Crippen LogP contribution is 2.21. The van der Waals surface area contributed by atoms with E-state index in [1.807, 2.05) is 61.5 Å². The van der Waals surface area contributed by atoms with Gasteiger partial charge in [0.1, 0.15) is 11.5 Å². The largest absolute Gasteiger partial charge is 0.481 e. The minimum Gasteiger partial charge on any atom is -0.481 e. The summed E-state index contributed by atoms with van der Waals surface area (Å²) < 4.78 is 11.2. The van der Waals surface area contributed by atoms with Crippen LogP contribution < -0.4 is 14.9 Å². The number of carbonyl (C=O) groups is 2. The van der Waals surface area contributed by atoms with E-state index < -0.39 is 12.1 Å². The maximum Gasteiger partial charge on any atom is 0.343 e. The Kier molecular flexibility index (Phi) is 6.98. The van der Waals surface area contributed by atoms with Gasteiger partial charge in [-0.25, -0.2) is 10.2 Å². The Bertz CT molecular complexity index is 1350. The SMILES string of the molecule is Cc1ccccc1C(=O)Oc1ccc(/C=N/NC(=O)C(C)Oc2ccc3ccccc3c2)cc1. The highest BCUT2D eigenvalue weighted by molar-refractivity contribution is 5.92. The molecule has 1 amide bonds. The van der Waals surface area contributed by atoms with Crippen molar-refractivity contribution in [2.45, 2.75) is 20.0 Å². The summed E-state index contributed by atoms with van der Waals surface area (Å²) >= 11 is 0. The van der Waals surface area contributed by atoms with Crippen LogP contribution in [0.2, 0.25) is 0 Å². The highest BCUT2D eigenvalue weighted by atomic mass is 16.5. The van der Waals surface area contributed by atoms with E-state index in [1.54, 1.807) is 43.3 Å². The average molecular weight is 453 g/mol. The summed E-state index contributed by atoms with van der Waals surface area (Å²) in [5, 5.41) is 6.14. The van der Waals surface area contributed by atoms with Crippen LogP contribution in [0.25, 0.3) is 10.8 Å². The van der Waals surface area contributed by atoms with Crippen molar-refractivity contribution in [3.63, 3.8) is 0 Å². The molecule has 0 heterocycles. The number of hydrogen-bond donors (Lipinski definition) is 1. The van der Waals surface area contributed by atoms with Gasteiger partial charge < -0.3 is 9.47 Å². The van der Waals surface area contributed by atoms with Crippen LogP contribution in [0.4, 0.5) is 0 Å². The number of rotatable bonds is 7. The summed E-state index contributed by atoms with van der Waals surface area (Å²) in [6.07, 6.45) is 0.787. The molecule has 34 heavy (non-hydrogen) atoms. The van der Waals surface area contributed by atoms with E-state index in [0.29, 0.717) is 17.1 Å². The second-order valence-electron chi connectivity index (χ2n) is 7.78. The van der Waals surface area contributed by atoms with Crippen molar-refractivity contribution < 1.29 is 19.1 Å². The van der Waals surface area contributed by atoms with Gasteiger partial charge >= 0.3 is 5.97 Å². The number of nitrogens with one attached hydrogen (secondary N) is 1. The number of fused-ring (bicyclic) bond motifs is 1. The van der Waals surface area contributed by atoms with Crippen LogP contribution >= 0.6 is 0 Å². The molecule has 0 saturated heterocycles. The molecule has 4 aromatic rings. The van der Waals surface area contributed by atoms with Gasteiger partial charge in [-0.15, -0.1) is 0 Å². The Balaban J connectivity index is 1.29. The molecule has 0 radical (unpaired) electrons. The number of carbonyl (C=O) groups excluding carboxylic acids is 2. The van der Waals surface area contributed by atoms with E-state index in [2.05, 4.69) is 10.5 Å². The molecule has 4 rings (SSSR count). The summed E-state index contributed by atoms with van der Waals surface area (Å²) in [5.74, 6) is 0.258. The van der Waals surface area contributed by atoms with Crippen molar-refractivity contribution in [3.05, 3.63) is 108 Å². The first-order valence-electron chi connectivity index (χ1n) is 10.9. The van der Waals surface area contributed by atoms with Crippen LogP contribution in [0, 0.1) is 6.92 Å². The van der Waals surface area contributed by atoms with Crippen LogP contribution in [0.1, 0.15) is 28.4 Å². The van der Waals surface area contributed by atoms with Gasteiger partial charge in [-0.3, -0.25) is 4.79 Å². The quantitative estimate of drug-likeness (QED) is 0.179. The van der Waals surface area contributed by atoms with Gasteiger partial charge in [-0.2, -0.15) is 5.10 Å². The van der Waals surface area contributed by atoms with E-state index in [9.17, 15) is 9.59 Å². The van der Waals surface area contributed by atoms with Gasteiger partial charge in [0.05, 0.1) is 11.8 Å². The van der Waals surface area contributed by atoms with E-state index in [1.165, 1.54) is 6.21 Å². The minimum atomic E-state index is -0.721. The van der Waals surface area contributed by atoms with Crippen molar-refractivity contribution in [3.8, 4) is 11.5 Å². The number of amides is 1. The van der Waals surface area contributed by atoms with E-state index >= 15 is 0 Å². The Labute approximate surface area is 197 Å². The van der Waals surface area contributed by atoms with Crippen molar-refractivity contribution in [2.75, 3.05) is 0 Å². The molecular weight excluding hydrogens is 428 g/mol. The molecule has 170 valence electrons. The van der Waals surface area contributed by atoms with Crippen LogP contribution in [-0.4, -0.2) is 24.2 Å². The van der Waals surface area contributed by atoms with Gasteiger partial charge in [0.25, 0.3) is 5.91 Å². The molecule has 6 nitrogen and oxygen atoms in total. The fraction of sp³-hybridized carbons (Fsp3) is 0.107. The molecular formula is C28H24N2O4. The Morgan fingerprint density at radius 3 is 2.29 bits per heavy atom. The smallest absolute Gasteiger partial charge is 0.343 e. The van der Waals surface area contributed by atoms with E-state index in [0.717, 1.165) is 21.9 Å². The molecule has 0 aliphatic rings. The van der Waals surface area contributed by atoms with Crippen LogP contribution in [0.3, 0.4) is 0 Å². The first-order valence-corrected chi connectivity index (χ1v) is 10.9. The lowest BCUT2D eigenvalue weighted by molar-refractivity contribution is -0.127. The Morgan fingerprint density at radius 2 is 1.53 bits per heavy atom. The summed E-state index contributed by atoms with van der Waals surface area (Å²) in [5.41, 5.74) is 4.59. The fourth-order valence-corrected chi connectivity index (χ4v) is 3.35. The van der Waals surface area contributed by atoms with E-state index in [4.69, 9.17) is 9.47 Å². The standard InChI is InChI=1S/C28H24N2O4/c1-19-7-3-6-10-26(19)28(32)34-24-14-11-21(12-15-24)18-29-30-27(31)20(2)33-25-16-13-22-8-4-5-9-23(22)17-25/h3-18,20H,1-2H3,(H,30,31)/b29-18+. The van der Waals surface area contributed by atoms with Crippen molar-refractivity contribution in [1.29, 1.82) is 0 Å². The van der Waals surface area contributed by atoms with Crippen LogP contribution in [-0.2, 0) is 4.79 Å². The molecule has 1 N–H and O–H groups in total. The summed E-state index contributed by atoms with van der Waals surface area (Å²) in [7, 11) is 0. The van der Waals surface area contributed by atoms with Crippen molar-refractivity contribution in [1.82, 2.24) is 5.43 Å². The van der Waals surface area contributed by atoms with Crippen molar-refractivity contribution >= 4 is 28.9 Å². The van der Waals surface area contributed by atoms with Crippen LogP contribution in [0.15, 0.2) is 96.1 Å². The molecule has 0 fully saturated rings. The van der Waals surface area contributed by atoms with Gasteiger partial charge in [0, 0.05) is 0 Å². The summed E-state index contributed by atoms with van der Waals surface area (Å²) in [6, 6.07) is 27.7. The van der Waals surface area contributed by atoms with Gasteiger partial charge in [0.15, 0.2) is 6.10 Å². The van der Waals surface area contributed by atoms with Gasteiger partial charge in [-0.05, 0) is 78.2 Å². The Morgan fingerprint density at radius 1 is 0.853 bits per heavy atom. The normalized spacial score (nSPS) is 11.8. The number of benzene rings is 4. The van der Waals surface area contributed by atoms with Gasteiger partial charge in [-0.1, -0.05) is 48.5 Å². The van der Waals surface area contributed by atoms with Gasteiger partial charge in [0.2, 0.25) is 0 Å². The molecule has 0 aliphatic carbocycles. The molecule has 0 aliphatic heterocycles. The number of nitrogens with zero attached hydrogens (tertiary/aromatic N) is 1. The zero-order valence-electron chi connectivity index (χ0n) is 18.9. The second-order valence-corrected chi connectivity index (χ2v) is 7.78. The third-order valence-corrected chi connectivity index (χ3v) is 5.25. The second kappa shape index (κ2) is 10.4. The maximum absolute atomic E-state index is 12.3. The average Bonchev–Trinajstić information content (AvgIpc) is 2.85. The van der Waals surface area contributed by atoms with Crippen LogP contribution in [0.5, 0.6) is 11.5 Å². The third-order valence-electron chi connectivity index (χ3n) is 5.25. The minimum absolute atomic E-state index is 0.367. The monoisotopic (exact) mass is 452 g/mol. The number of hydrazone groups is 1. The predicted molar refractivity (Wildman–Crippen MR) is 132 cm³/mol. The lowest BCUT2D eigenvalue weighted by atomic mass is 10.1. The number of aryl methyl sites for hydroxylation is 1. The summed E-state index contributed by atoms with van der Waals surface area (Å²) in [6.45, 7) is 3.52. The van der Waals surface area contributed by atoms with Crippen molar-refractivity contribution in [2.24, 2.45) is 5.10 Å². The first kappa shape index (κ1) is 22.7. The molecule has 4 aromatic carbocycles. The summed E-state index contributed by atoms with van der Waals surface area (Å²) in [4.78, 5) is 24.6. The molecule has 0 bridgehead atoms.